The summed E-state index contributed by atoms with van der Waals surface area (Å²) in [6.45, 7) is 0.644. The van der Waals surface area contributed by atoms with Crippen molar-refractivity contribution in [3.8, 4) is 0 Å². The zero-order valence-electron chi connectivity index (χ0n) is 10.8. The third-order valence-electron chi connectivity index (χ3n) is 2.73. The van der Waals surface area contributed by atoms with E-state index in [1.54, 1.807) is 17.2 Å². The van der Waals surface area contributed by atoms with Crippen LogP contribution in [-0.4, -0.2) is 41.5 Å². The van der Waals surface area contributed by atoms with Gasteiger partial charge in [0.2, 0.25) is 5.95 Å². The first-order valence-corrected chi connectivity index (χ1v) is 6.02. The van der Waals surface area contributed by atoms with Crippen LogP contribution in [0.1, 0.15) is 5.82 Å². The van der Waals surface area contributed by atoms with Crippen molar-refractivity contribution in [2.24, 2.45) is 12.9 Å². The van der Waals surface area contributed by atoms with Crippen molar-refractivity contribution in [2.75, 3.05) is 17.3 Å². The first kappa shape index (κ1) is 12.3. The average molecular weight is 274 g/mol. The molecule has 0 bridgehead atoms. The number of aromatic nitrogens is 7. The van der Waals surface area contributed by atoms with Crippen LogP contribution in [0.5, 0.6) is 0 Å². The molecule has 20 heavy (non-hydrogen) atoms. The Labute approximate surface area is 113 Å². The number of H-pyrrole nitrogens is 1. The summed E-state index contributed by atoms with van der Waals surface area (Å²) in [7, 11) is 1.84. The van der Waals surface area contributed by atoms with Crippen LogP contribution in [0.15, 0.2) is 12.5 Å². The van der Waals surface area contributed by atoms with Gasteiger partial charge in [-0.15, -0.1) is 0 Å². The number of fused-ring (bicyclic) bond motifs is 1. The lowest BCUT2D eigenvalue weighted by atomic mass is 10.3. The normalized spacial score (nSPS) is 10.9. The quantitative estimate of drug-likeness (QED) is 0.358. The molecule has 0 aromatic carbocycles. The van der Waals surface area contributed by atoms with Crippen molar-refractivity contribution in [3.63, 3.8) is 0 Å². The van der Waals surface area contributed by atoms with Gasteiger partial charge in [-0.2, -0.15) is 20.2 Å². The highest BCUT2D eigenvalue weighted by Crippen LogP contribution is 2.19. The predicted molar refractivity (Wildman–Crippen MR) is 72.7 cm³/mol. The van der Waals surface area contributed by atoms with E-state index in [9.17, 15) is 0 Å². The highest BCUT2D eigenvalue weighted by atomic mass is 15.3. The Hall–Kier alpha value is -2.75. The second kappa shape index (κ2) is 5.09. The summed E-state index contributed by atoms with van der Waals surface area (Å²) in [5, 5.41) is 14.9. The zero-order chi connectivity index (χ0) is 13.9. The highest BCUT2D eigenvalue weighted by molar-refractivity contribution is 5.86. The second-order valence-electron chi connectivity index (χ2n) is 4.18. The lowest BCUT2D eigenvalue weighted by molar-refractivity contribution is 0.742. The first-order chi connectivity index (χ1) is 9.76. The molecule has 0 fully saturated rings. The summed E-state index contributed by atoms with van der Waals surface area (Å²) < 4.78 is 1.67. The van der Waals surface area contributed by atoms with Gasteiger partial charge in [-0.05, 0) is 0 Å². The molecule has 5 N–H and O–H groups in total. The topological polar surface area (TPSA) is 135 Å². The van der Waals surface area contributed by atoms with E-state index in [4.69, 9.17) is 5.84 Å². The Morgan fingerprint density at radius 2 is 2.30 bits per heavy atom. The van der Waals surface area contributed by atoms with Crippen LogP contribution < -0.4 is 16.6 Å². The number of nitrogens with two attached hydrogens (primary N) is 1. The SMILES string of the molecule is Cn1cnc(CCNc2nc(NN)nc3[nH]ncc23)n1. The molecule has 0 spiro atoms. The molecule has 0 aliphatic rings. The molecule has 3 aromatic rings. The molecular weight excluding hydrogens is 260 g/mol. The van der Waals surface area contributed by atoms with E-state index in [0.717, 1.165) is 11.2 Å². The summed E-state index contributed by atoms with van der Waals surface area (Å²) in [5.41, 5.74) is 3.04. The molecule has 0 saturated heterocycles. The average Bonchev–Trinajstić information content (AvgIpc) is 3.07. The summed E-state index contributed by atoms with van der Waals surface area (Å²) >= 11 is 0. The van der Waals surface area contributed by atoms with E-state index in [1.807, 2.05) is 7.05 Å². The van der Waals surface area contributed by atoms with Crippen LogP contribution in [0.2, 0.25) is 0 Å². The van der Waals surface area contributed by atoms with E-state index in [1.165, 1.54) is 0 Å². The molecule has 0 saturated carbocycles. The molecule has 3 rings (SSSR count). The molecule has 0 unspecified atom stereocenters. The number of aryl methyl sites for hydroxylation is 1. The van der Waals surface area contributed by atoms with E-state index >= 15 is 0 Å². The van der Waals surface area contributed by atoms with Gasteiger partial charge in [-0.1, -0.05) is 0 Å². The number of hydrazine groups is 1. The summed E-state index contributed by atoms with van der Waals surface area (Å²) in [6.07, 6.45) is 4.03. The Morgan fingerprint density at radius 3 is 3.05 bits per heavy atom. The van der Waals surface area contributed by atoms with Crippen molar-refractivity contribution in [3.05, 3.63) is 18.3 Å². The second-order valence-corrected chi connectivity index (χ2v) is 4.18. The molecule has 3 aromatic heterocycles. The number of nitrogen functional groups attached to an aromatic ring is 1. The molecule has 104 valence electrons. The number of aromatic amines is 1. The first-order valence-electron chi connectivity index (χ1n) is 6.02. The fourth-order valence-electron chi connectivity index (χ4n) is 1.83. The van der Waals surface area contributed by atoms with Crippen LogP contribution in [0.4, 0.5) is 11.8 Å². The fraction of sp³-hybridized carbons (Fsp3) is 0.300. The van der Waals surface area contributed by atoms with Crippen LogP contribution in [0.3, 0.4) is 0 Å². The van der Waals surface area contributed by atoms with Crippen LogP contribution in [-0.2, 0) is 13.5 Å². The minimum absolute atomic E-state index is 0.320. The van der Waals surface area contributed by atoms with Crippen LogP contribution in [0, 0.1) is 0 Å². The van der Waals surface area contributed by atoms with Crippen LogP contribution >= 0.6 is 0 Å². The lowest BCUT2D eigenvalue weighted by Crippen LogP contribution is -2.13. The number of hydrogen-bond acceptors (Lipinski definition) is 8. The maximum absolute atomic E-state index is 5.34. The number of hydrogen-bond donors (Lipinski definition) is 4. The molecule has 10 nitrogen and oxygen atoms in total. The van der Waals surface area contributed by atoms with Crippen molar-refractivity contribution >= 4 is 22.8 Å². The van der Waals surface area contributed by atoms with Crippen molar-refractivity contribution in [2.45, 2.75) is 6.42 Å². The highest BCUT2D eigenvalue weighted by Gasteiger charge is 2.09. The molecule has 0 aliphatic heterocycles. The summed E-state index contributed by atoms with van der Waals surface area (Å²) in [5.74, 6) is 7.09. The molecule has 0 amide bonds. The third-order valence-corrected chi connectivity index (χ3v) is 2.73. The number of rotatable bonds is 5. The smallest absolute Gasteiger partial charge is 0.241 e. The molecule has 3 heterocycles. The standard InChI is InChI=1S/C10H14N10/c1-20-5-13-7(19-20)2-3-12-8-6-4-14-18-9(6)16-10(15-8)17-11/h4-5H,2-3,11H2,1H3,(H3,12,14,15,16,17,18). The lowest BCUT2D eigenvalue weighted by Gasteiger charge is -2.06. The minimum Gasteiger partial charge on any atom is -0.369 e. The molecule has 0 radical (unpaired) electrons. The Balaban J connectivity index is 1.74. The predicted octanol–water partition coefficient (Wildman–Crippen LogP) is -0.578. The molecule has 0 atom stereocenters. The number of anilines is 2. The van der Waals surface area contributed by atoms with Gasteiger partial charge in [-0.25, -0.2) is 10.8 Å². The van der Waals surface area contributed by atoms with Crippen molar-refractivity contribution in [1.82, 2.24) is 34.9 Å². The Morgan fingerprint density at radius 1 is 1.40 bits per heavy atom. The maximum atomic E-state index is 5.34. The molecule has 10 heteroatoms. The molecular formula is C10H14N10. The number of nitrogens with one attached hydrogen (secondary N) is 3. The van der Waals surface area contributed by atoms with Gasteiger partial charge in [0.15, 0.2) is 11.5 Å². The number of nitrogens with zero attached hydrogens (tertiary/aromatic N) is 6. The zero-order valence-corrected chi connectivity index (χ0v) is 10.8. The van der Waals surface area contributed by atoms with Gasteiger partial charge >= 0.3 is 0 Å². The minimum atomic E-state index is 0.320. The van der Waals surface area contributed by atoms with Gasteiger partial charge < -0.3 is 5.32 Å². The Kier molecular flexibility index (Phi) is 3.13. The third kappa shape index (κ3) is 2.36. The van der Waals surface area contributed by atoms with Crippen molar-refractivity contribution < 1.29 is 0 Å². The van der Waals surface area contributed by atoms with Gasteiger partial charge in [0.1, 0.15) is 12.1 Å². The van der Waals surface area contributed by atoms with E-state index in [2.05, 4.69) is 41.0 Å². The van der Waals surface area contributed by atoms with Crippen LogP contribution in [0.25, 0.3) is 11.0 Å². The monoisotopic (exact) mass is 274 g/mol. The van der Waals surface area contributed by atoms with Gasteiger partial charge in [0.05, 0.1) is 11.6 Å². The van der Waals surface area contributed by atoms with E-state index in [0.29, 0.717) is 30.4 Å². The van der Waals surface area contributed by atoms with Gasteiger partial charge in [0.25, 0.3) is 0 Å². The maximum Gasteiger partial charge on any atom is 0.241 e. The fourth-order valence-corrected chi connectivity index (χ4v) is 1.83. The van der Waals surface area contributed by atoms with Gasteiger partial charge in [-0.3, -0.25) is 15.2 Å². The van der Waals surface area contributed by atoms with E-state index < -0.39 is 0 Å². The Bertz CT molecular complexity index is 714. The van der Waals surface area contributed by atoms with E-state index in [-0.39, 0.29) is 0 Å². The largest absolute Gasteiger partial charge is 0.369 e. The summed E-state index contributed by atoms with van der Waals surface area (Å²) in [6, 6.07) is 0. The summed E-state index contributed by atoms with van der Waals surface area (Å²) in [4.78, 5) is 12.6. The van der Waals surface area contributed by atoms with Crippen molar-refractivity contribution in [1.29, 1.82) is 0 Å². The molecule has 0 aliphatic carbocycles. The van der Waals surface area contributed by atoms with Gasteiger partial charge in [0, 0.05) is 20.0 Å².